The average Bonchev–Trinajstić information content (AvgIpc) is 2.85. The minimum absolute atomic E-state index is 0.498. The van der Waals surface area contributed by atoms with Crippen LogP contribution in [0.4, 0.5) is 0 Å². The van der Waals surface area contributed by atoms with E-state index in [0.717, 1.165) is 18.9 Å². The third-order valence-electron chi connectivity index (χ3n) is 3.50. The molecule has 0 aliphatic heterocycles. The van der Waals surface area contributed by atoms with Gasteiger partial charge in [-0.3, -0.25) is 0 Å². The molecule has 0 atom stereocenters. The number of hydrogen-bond donors (Lipinski definition) is 0. The average molecular weight is 273 g/mol. The Labute approximate surface area is 113 Å². The number of rotatable bonds is 6. The van der Waals surface area contributed by atoms with Gasteiger partial charge in [0.15, 0.2) is 0 Å². The number of halogens is 1. The topological polar surface area (TPSA) is 9.23 Å². The molecule has 1 aliphatic carbocycles. The molecule has 0 N–H and O–H groups in total. The maximum absolute atomic E-state index is 5.83. The molecule has 1 nitrogen and oxygen atoms in total. The molecule has 0 saturated heterocycles. The molecule has 0 spiro atoms. The zero-order valence-electron chi connectivity index (χ0n) is 10.2. The van der Waals surface area contributed by atoms with Crippen molar-refractivity contribution in [2.45, 2.75) is 44.6 Å². The van der Waals surface area contributed by atoms with Crippen LogP contribution in [0.1, 0.15) is 37.0 Å². The Kier molecular flexibility index (Phi) is 5.82. The summed E-state index contributed by atoms with van der Waals surface area (Å²) in [4.78, 5) is 1.54. The molecule has 0 aromatic carbocycles. The number of thiophene rings is 1. The fourth-order valence-corrected chi connectivity index (χ4v) is 3.45. The van der Waals surface area contributed by atoms with Gasteiger partial charge in [0.2, 0.25) is 0 Å². The number of alkyl halides is 1. The Morgan fingerprint density at radius 2 is 2.12 bits per heavy atom. The molecule has 0 amide bonds. The molecule has 0 radical (unpaired) electrons. The van der Waals surface area contributed by atoms with Crippen molar-refractivity contribution >= 4 is 22.9 Å². The third-order valence-corrected chi connectivity index (χ3v) is 4.66. The van der Waals surface area contributed by atoms with Gasteiger partial charge in [-0.2, -0.15) is 0 Å². The van der Waals surface area contributed by atoms with E-state index in [1.165, 1.54) is 37.0 Å². The summed E-state index contributed by atoms with van der Waals surface area (Å²) in [7, 11) is 0. The lowest BCUT2D eigenvalue weighted by molar-refractivity contribution is 0.0189. The van der Waals surface area contributed by atoms with Gasteiger partial charge in [-0.15, -0.1) is 22.9 Å². The molecule has 0 bridgehead atoms. The van der Waals surface area contributed by atoms with Crippen molar-refractivity contribution in [3.8, 4) is 0 Å². The maximum atomic E-state index is 5.83. The van der Waals surface area contributed by atoms with Gasteiger partial charge in [0.05, 0.1) is 6.10 Å². The summed E-state index contributed by atoms with van der Waals surface area (Å²) >= 11 is 7.53. The van der Waals surface area contributed by atoms with E-state index < -0.39 is 0 Å². The Balaban J connectivity index is 1.64. The Hall–Kier alpha value is -0.0500. The molecule has 96 valence electrons. The highest BCUT2D eigenvalue weighted by molar-refractivity contribution is 7.09. The molecule has 1 aromatic heterocycles. The molecule has 2 rings (SSSR count). The zero-order chi connectivity index (χ0) is 11.9. The van der Waals surface area contributed by atoms with Gasteiger partial charge in [-0.25, -0.2) is 0 Å². The van der Waals surface area contributed by atoms with E-state index in [-0.39, 0.29) is 0 Å². The molecule has 0 unspecified atom stereocenters. The van der Waals surface area contributed by atoms with E-state index in [9.17, 15) is 0 Å². The first-order valence-electron chi connectivity index (χ1n) is 6.58. The van der Waals surface area contributed by atoms with E-state index in [1.54, 1.807) is 0 Å². The van der Waals surface area contributed by atoms with Gasteiger partial charge < -0.3 is 4.74 Å². The SMILES string of the molecule is ClCCCOC1CCC(Cc2cccs2)CC1. The van der Waals surface area contributed by atoms with Gasteiger partial charge in [-0.1, -0.05) is 6.07 Å². The second-order valence-electron chi connectivity index (χ2n) is 4.84. The van der Waals surface area contributed by atoms with Crippen molar-refractivity contribution in [2.24, 2.45) is 5.92 Å². The van der Waals surface area contributed by atoms with Crippen LogP contribution in [0.2, 0.25) is 0 Å². The normalized spacial score (nSPS) is 25.0. The lowest BCUT2D eigenvalue weighted by atomic mass is 9.85. The predicted molar refractivity (Wildman–Crippen MR) is 75.1 cm³/mol. The first-order chi connectivity index (χ1) is 8.38. The summed E-state index contributed by atoms with van der Waals surface area (Å²) in [6.07, 6.45) is 7.87. The molecule has 1 aromatic rings. The second kappa shape index (κ2) is 7.40. The van der Waals surface area contributed by atoms with Crippen LogP contribution < -0.4 is 0 Å². The monoisotopic (exact) mass is 272 g/mol. The fourth-order valence-electron chi connectivity index (χ4n) is 2.52. The zero-order valence-corrected chi connectivity index (χ0v) is 11.8. The molecule has 1 saturated carbocycles. The van der Waals surface area contributed by atoms with E-state index in [2.05, 4.69) is 17.5 Å². The standard InChI is InChI=1S/C14H21ClOS/c15-8-2-9-16-13-6-4-12(5-7-13)11-14-3-1-10-17-14/h1,3,10,12-13H,2,4-9,11H2. The van der Waals surface area contributed by atoms with Gasteiger partial charge in [0, 0.05) is 17.4 Å². The van der Waals surface area contributed by atoms with Crippen molar-refractivity contribution < 1.29 is 4.74 Å². The van der Waals surface area contributed by atoms with Crippen LogP contribution in [0, 0.1) is 5.92 Å². The van der Waals surface area contributed by atoms with Crippen LogP contribution in [0.25, 0.3) is 0 Å². The van der Waals surface area contributed by atoms with E-state index >= 15 is 0 Å². The van der Waals surface area contributed by atoms with Crippen LogP contribution >= 0.6 is 22.9 Å². The largest absolute Gasteiger partial charge is 0.378 e. The first-order valence-corrected chi connectivity index (χ1v) is 8.00. The fraction of sp³-hybridized carbons (Fsp3) is 0.714. The minimum Gasteiger partial charge on any atom is -0.378 e. The molecule has 1 aliphatic rings. The third kappa shape index (κ3) is 4.61. The minimum atomic E-state index is 0.498. The summed E-state index contributed by atoms with van der Waals surface area (Å²) in [6.45, 7) is 0.837. The smallest absolute Gasteiger partial charge is 0.0575 e. The number of ether oxygens (including phenoxy) is 1. The highest BCUT2D eigenvalue weighted by Crippen LogP contribution is 2.30. The molecule has 17 heavy (non-hydrogen) atoms. The molecular weight excluding hydrogens is 252 g/mol. The van der Waals surface area contributed by atoms with Gasteiger partial charge in [0.25, 0.3) is 0 Å². The maximum Gasteiger partial charge on any atom is 0.0575 e. The van der Waals surface area contributed by atoms with Crippen LogP contribution in [-0.4, -0.2) is 18.6 Å². The summed E-state index contributed by atoms with van der Waals surface area (Å²) in [5, 5.41) is 2.18. The van der Waals surface area contributed by atoms with E-state index in [1.807, 2.05) is 11.3 Å². The summed E-state index contributed by atoms with van der Waals surface area (Å²) in [5.41, 5.74) is 0. The van der Waals surface area contributed by atoms with Gasteiger partial charge in [0.1, 0.15) is 0 Å². The van der Waals surface area contributed by atoms with Crippen molar-refractivity contribution in [1.82, 2.24) is 0 Å². The van der Waals surface area contributed by atoms with Crippen LogP contribution in [0.3, 0.4) is 0 Å². The van der Waals surface area contributed by atoms with Crippen molar-refractivity contribution in [1.29, 1.82) is 0 Å². The quantitative estimate of drug-likeness (QED) is 0.547. The Bertz CT molecular complexity index is 291. The lowest BCUT2D eigenvalue weighted by Crippen LogP contribution is -2.23. The highest BCUT2D eigenvalue weighted by atomic mass is 35.5. The van der Waals surface area contributed by atoms with Crippen molar-refractivity contribution in [3.05, 3.63) is 22.4 Å². The Morgan fingerprint density at radius 1 is 1.29 bits per heavy atom. The van der Waals surface area contributed by atoms with Gasteiger partial charge in [-0.05, 0) is 55.9 Å². The lowest BCUT2D eigenvalue weighted by Gasteiger charge is -2.28. The highest BCUT2D eigenvalue weighted by Gasteiger charge is 2.21. The van der Waals surface area contributed by atoms with Crippen molar-refractivity contribution in [2.75, 3.05) is 12.5 Å². The van der Waals surface area contributed by atoms with Crippen molar-refractivity contribution in [3.63, 3.8) is 0 Å². The molecular formula is C14H21ClOS. The number of hydrogen-bond acceptors (Lipinski definition) is 2. The first kappa shape index (κ1) is 13.4. The van der Waals surface area contributed by atoms with Crippen LogP contribution in [-0.2, 0) is 11.2 Å². The van der Waals surface area contributed by atoms with E-state index in [0.29, 0.717) is 12.0 Å². The molecule has 3 heteroatoms. The van der Waals surface area contributed by atoms with Crippen LogP contribution in [0.15, 0.2) is 17.5 Å². The second-order valence-corrected chi connectivity index (χ2v) is 6.25. The summed E-state index contributed by atoms with van der Waals surface area (Å²) in [6, 6.07) is 4.41. The Morgan fingerprint density at radius 3 is 2.76 bits per heavy atom. The summed E-state index contributed by atoms with van der Waals surface area (Å²) in [5.74, 6) is 1.59. The molecule has 1 fully saturated rings. The summed E-state index contributed by atoms with van der Waals surface area (Å²) < 4.78 is 5.83. The predicted octanol–water partition coefficient (Wildman–Crippen LogP) is 4.49. The van der Waals surface area contributed by atoms with E-state index in [4.69, 9.17) is 16.3 Å². The van der Waals surface area contributed by atoms with Gasteiger partial charge >= 0.3 is 0 Å². The molecule has 1 heterocycles. The van der Waals surface area contributed by atoms with Crippen LogP contribution in [0.5, 0.6) is 0 Å².